The summed E-state index contributed by atoms with van der Waals surface area (Å²) >= 11 is 0. The maximum absolute atomic E-state index is 12.6. The summed E-state index contributed by atoms with van der Waals surface area (Å²) in [6.45, 7) is 4.78. The average molecular weight is 488 g/mol. The summed E-state index contributed by atoms with van der Waals surface area (Å²) in [5.41, 5.74) is -0.978. The van der Waals surface area contributed by atoms with E-state index in [9.17, 15) is 18.3 Å². The topological polar surface area (TPSA) is 85.7 Å². The van der Waals surface area contributed by atoms with Gasteiger partial charge in [0.1, 0.15) is 5.69 Å². The number of aliphatic hydroxyl groups is 1. The van der Waals surface area contributed by atoms with Gasteiger partial charge in [-0.05, 0) is 25.8 Å². The van der Waals surface area contributed by atoms with E-state index >= 15 is 0 Å². The van der Waals surface area contributed by atoms with Gasteiger partial charge in [0.25, 0.3) is 0 Å². The molecule has 1 aliphatic heterocycles. The van der Waals surface area contributed by atoms with Crippen molar-refractivity contribution in [1.29, 1.82) is 0 Å². The summed E-state index contributed by atoms with van der Waals surface area (Å²) in [6, 6.07) is 0.831. The molecular formula is C15H24F3IN6O. The van der Waals surface area contributed by atoms with Crippen LogP contribution in [0.25, 0.3) is 0 Å². The fourth-order valence-electron chi connectivity index (χ4n) is 2.43. The number of rotatable bonds is 5. The Bertz CT molecular complexity index is 579. The van der Waals surface area contributed by atoms with Gasteiger partial charge >= 0.3 is 6.18 Å². The molecule has 0 radical (unpaired) electrons. The number of piperidine rings is 1. The van der Waals surface area contributed by atoms with Crippen molar-refractivity contribution in [2.75, 3.05) is 38.0 Å². The largest absolute Gasteiger partial charge is 0.433 e. The second kappa shape index (κ2) is 10.7. The van der Waals surface area contributed by atoms with E-state index in [1.807, 2.05) is 6.92 Å². The highest BCUT2D eigenvalue weighted by molar-refractivity contribution is 14.0. The number of alkyl halides is 3. The highest BCUT2D eigenvalue weighted by atomic mass is 127. The van der Waals surface area contributed by atoms with Gasteiger partial charge in [-0.25, -0.2) is 9.97 Å². The number of hydrogen-bond acceptors (Lipinski definition) is 5. The summed E-state index contributed by atoms with van der Waals surface area (Å²) in [5, 5.41) is 15.5. The Hall–Kier alpha value is -1.37. The van der Waals surface area contributed by atoms with Gasteiger partial charge in [-0.3, -0.25) is 4.99 Å². The van der Waals surface area contributed by atoms with Crippen molar-refractivity contribution < 1.29 is 18.3 Å². The van der Waals surface area contributed by atoms with Gasteiger partial charge in [0.2, 0.25) is 5.95 Å². The molecule has 0 unspecified atom stereocenters. The van der Waals surface area contributed by atoms with E-state index in [4.69, 9.17) is 0 Å². The van der Waals surface area contributed by atoms with Crippen molar-refractivity contribution >= 4 is 35.9 Å². The summed E-state index contributed by atoms with van der Waals surface area (Å²) in [6.07, 6.45) is -2.29. The van der Waals surface area contributed by atoms with Crippen molar-refractivity contribution in [3.05, 3.63) is 18.0 Å². The molecule has 0 saturated carbocycles. The molecule has 0 aliphatic carbocycles. The molecule has 1 fully saturated rings. The van der Waals surface area contributed by atoms with Crippen LogP contribution in [0.4, 0.5) is 19.1 Å². The molecule has 1 aromatic rings. The number of aromatic nitrogens is 2. The predicted octanol–water partition coefficient (Wildman–Crippen LogP) is 1.95. The smallest absolute Gasteiger partial charge is 0.393 e. The van der Waals surface area contributed by atoms with Gasteiger partial charge < -0.3 is 20.6 Å². The van der Waals surface area contributed by atoms with E-state index in [-0.39, 0.29) is 36.0 Å². The third-order valence-electron chi connectivity index (χ3n) is 3.70. The molecule has 0 bridgehead atoms. The molecule has 0 aromatic carbocycles. The predicted molar refractivity (Wildman–Crippen MR) is 104 cm³/mol. The molecule has 0 amide bonds. The minimum absolute atomic E-state index is 0. The van der Waals surface area contributed by atoms with Gasteiger partial charge in [-0.15, -0.1) is 24.0 Å². The molecule has 0 spiro atoms. The number of nitrogens with zero attached hydrogens (tertiary/aromatic N) is 4. The molecule has 2 rings (SSSR count). The average Bonchev–Trinajstić information content (AvgIpc) is 2.58. The maximum Gasteiger partial charge on any atom is 0.433 e. The third kappa shape index (κ3) is 7.09. The van der Waals surface area contributed by atoms with Crippen LogP contribution in [0.1, 0.15) is 25.5 Å². The van der Waals surface area contributed by atoms with Gasteiger partial charge in [-0.1, -0.05) is 0 Å². The lowest BCUT2D eigenvalue weighted by Crippen LogP contribution is -2.46. The van der Waals surface area contributed by atoms with Gasteiger partial charge in [-0.2, -0.15) is 13.2 Å². The van der Waals surface area contributed by atoms with Crippen LogP contribution in [0.2, 0.25) is 0 Å². The first-order valence-electron chi connectivity index (χ1n) is 8.25. The Balaban J connectivity index is 0.00000338. The molecule has 3 N–H and O–H groups in total. The van der Waals surface area contributed by atoms with Crippen LogP contribution in [0.15, 0.2) is 17.3 Å². The van der Waals surface area contributed by atoms with Crippen LogP contribution >= 0.6 is 24.0 Å². The highest BCUT2D eigenvalue weighted by Crippen LogP contribution is 2.27. The van der Waals surface area contributed by atoms with Crippen molar-refractivity contribution in [3.8, 4) is 0 Å². The Kier molecular flexibility index (Phi) is 9.33. The second-order valence-corrected chi connectivity index (χ2v) is 5.64. The van der Waals surface area contributed by atoms with Crippen LogP contribution in [0.5, 0.6) is 0 Å². The number of aliphatic imine (C=N–C) groups is 1. The van der Waals surface area contributed by atoms with Crippen molar-refractivity contribution in [2.45, 2.75) is 32.0 Å². The summed E-state index contributed by atoms with van der Waals surface area (Å²) < 4.78 is 37.8. The van der Waals surface area contributed by atoms with Crippen LogP contribution in [0.3, 0.4) is 0 Å². The van der Waals surface area contributed by atoms with Crippen LogP contribution in [-0.4, -0.2) is 64.8 Å². The van der Waals surface area contributed by atoms with E-state index < -0.39 is 11.9 Å². The lowest BCUT2D eigenvalue weighted by Gasteiger charge is -2.32. The van der Waals surface area contributed by atoms with Gasteiger partial charge in [0, 0.05) is 32.4 Å². The fourth-order valence-corrected chi connectivity index (χ4v) is 2.43. The van der Waals surface area contributed by atoms with Crippen LogP contribution < -0.4 is 10.6 Å². The zero-order valence-electron chi connectivity index (χ0n) is 14.5. The number of likely N-dealkylation sites (tertiary alicyclic amines) is 1. The number of anilines is 1. The first kappa shape index (κ1) is 22.7. The maximum atomic E-state index is 12.6. The number of halogens is 4. The normalized spacial score (nSPS) is 16.2. The standard InChI is InChI=1S/C15H23F3N6O.HI/c1-2-19-14(24-9-4-11(25)5-10-24)22-8-7-21-13-20-6-3-12(23-13)15(16,17)18;/h3,6,11,25H,2,4-5,7-10H2,1H3,(H,19,22)(H,20,21,23);1H. The van der Waals surface area contributed by atoms with Crippen molar-refractivity contribution in [2.24, 2.45) is 4.99 Å². The molecule has 1 saturated heterocycles. The van der Waals surface area contributed by atoms with Gasteiger partial charge in [0.15, 0.2) is 5.96 Å². The van der Waals surface area contributed by atoms with E-state index in [0.29, 0.717) is 32.5 Å². The molecule has 1 aromatic heterocycles. The summed E-state index contributed by atoms with van der Waals surface area (Å²) in [7, 11) is 0. The number of hydrogen-bond donors (Lipinski definition) is 3. The Morgan fingerprint density at radius 1 is 1.38 bits per heavy atom. The molecule has 11 heteroatoms. The SMILES string of the molecule is CCNC(=NCCNc1nccc(C(F)(F)F)n1)N1CCC(O)CC1.I. The summed E-state index contributed by atoms with van der Waals surface area (Å²) in [4.78, 5) is 13.7. The van der Waals surface area contributed by atoms with E-state index in [2.05, 4.69) is 30.5 Å². The molecule has 1 aliphatic rings. The molecule has 148 valence electrons. The monoisotopic (exact) mass is 488 g/mol. The molecule has 26 heavy (non-hydrogen) atoms. The van der Waals surface area contributed by atoms with Crippen LogP contribution in [-0.2, 0) is 6.18 Å². The highest BCUT2D eigenvalue weighted by Gasteiger charge is 2.32. The minimum Gasteiger partial charge on any atom is -0.393 e. The number of aliphatic hydroxyl groups excluding tert-OH is 1. The first-order valence-corrected chi connectivity index (χ1v) is 8.25. The Morgan fingerprint density at radius 3 is 2.69 bits per heavy atom. The van der Waals surface area contributed by atoms with E-state index in [0.717, 1.165) is 31.3 Å². The number of guanidine groups is 1. The lowest BCUT2D eigenvalue weighted by molar-refractivity contribution is -0.141. The molecule has 2 heterocycles. The number of nitrogens with one attached hydrogen (secondary N) is 2. The lowest BCUT2D eigenvalue weighted by atomic mass is 10.1. The Labute approximate surface area is 167 Å². The fraction of sp³-hybridized carbons (Fsp3) is 0.667. The van der Waals surface area contributed by atoms with Crippen molar-refractivity contribution in [1.82, 2.24) is 20.2 Å². The second-order valence-electron chi connectivity index (χ2n) is 5.64. The first-order chi connectivity index (χ1) is 11.9. The molecule has 0 atom stereocenters. The molecule has 7 nitrogen and oxygen atoms in total. The van der Waals surface area contributed by atoms with Crippen molar-refractivity contribution in [3.63, 3.8) is 0 Å². The minimum atomic E-state index is -4.49. The third-order valence-corrected chi connectivity index (χ3v) is 3.70. The zero-order valence-corrected chi connectivity index (χ0v) is 16.8. The summed E-state index contributed by atoms with van der Waals surface area (Å²) in [5.74, 6) is 0.664. The van der Waals surface area contributed by atoms with Crippen LogP contribution in [0, 0.1) is 0 Å². The molecular weight excluding hydrogens is 464 g/mol. The quantitative estimate of drug-likeness (QED) is 0.254. The van der Waals surface area contributed by atoms with E-state index in [1.54, 1.807) is 0 Å². The Morgan fingerprint density at radius 2 is 2.08 bits per heavy atom. The van der Waals surface area contributed by atoms with E-state index in [1.165, 1.54) is 0 Å². The van der Waals surface area contributed by atoms with Gasteiger partial charge in [0.05, 0.1) is 12.6 Å². The zero-order chi connectivity index (χ0) is 18.3.